The van der Waals surface area contributed by atoms with Gasteiger partial charge in [0.1, 0.15) is 5.75 Å². The van der Waals surface area contributed by atoms with Crippen molar-refractivity contribution in [3.63, 3.8) is 0 Å². The molecule has 2 fully saturated rings. The lowest BCUT2D eigenvalue weighted by Gasteiger charge is -2.13. The summed E-state index contributed by atoms with van der Waals surface area (Å²) in [5.74, 6) is 1.47. The zero-order chi connectivity index (χ0) is 16.9. The van der Waals surface area contributed by atoms with Gasteiger partial charge in [-0.1, -0.05) is 6.92 Å². The predicted octanol–water partition coefficient (Wildman–Crippen LogP) is 3.11. The largest absolute Gasteiger partial charge is 0.490 e. The molecule has 0 saturated heterocycles. The Bertz CT molecular complexity index is 579. The summed E-state index contributed by atoms with van der Waals surface area (Å²) >= 11 is 0. The van der Waals surface area contributed by atoms with E-state index in [2.05, 4.69) is 17.6 Å². The zero-order valence-electron chi connectivity index (χ0n) is 14.2. The fraction of sp³-hybridized carbons (Fsp3) is 0.579. The highest BCUT2D eigenvalue weighted by Crippen LogP contribution is 2.37. The fourth-order valence-corrected chi connectivity index (χ4v) is 3.16. The van der Waals surface area contributed by atoms with Gasteiger partial charge in [-0.05, 0) is 62.3 Å². The quantitative estimate of drug-likeness (QED) is 0.807. The number of anilines is 1. The van der Waals surface area contributed by atoms with E-state index in [1.165, 1.54) is 12.8 Å². The van der Waals surface area contributed by atoms with Gasteiger partial charge >= 0.3 is 0 Å². The van der Waals surface area contributed by atoms with Crippen molar-refractivity contribution in [3.05, 3.63) is 24.3 Å². The first-order valence-corrected chi connectivity index (χ1v) is 8.96. The molecule has 2 amide bonds. The molecule has 0 radical (unpaired) electrons. The summed E-state index contributed by atoms with van der Waals surface area (Å²) in [6.07, 6.45) is 6.33. The molecule has 2 N–H and O–H groups in total. The number of amides is 2. The second-order valence-electron chi connectivity index (χ2n) is 6.96. The first-order chi connectivity index (χ1) is 11.6. The number of carbonyl (C=O) groups is 2. The molecule has 0 aliphatic heterocycles. The van der Waals surface area contributed by atoms with Crippen LogP contribution in [0, 0.1) is 11.8 Å². The van der Waals surface area contributed by atoms with Crippen LogP contribution in [0.5, 0.6) is 5.75 Å². The first-order valence-electron chi connectivity index (χ1n) is 8.96. The van der Waals surface area contributed by atoms with E-state index >= 15 is 0 Å². The molecule has 2 atom stereocenters. The number of nitrogens with one attached hydrogen (secondary N) is 2. The van der Waals surface area contributed by atoms with Crippen molar-refractivity contribution in [2.24, 2.45) is 11.8 Å². The van der Waals surface area contributed by atoms with Crippen molar-refractivity contribution in [2.75, 3.05) is 11.9 Å². The van der Waals surface area contributed by atoms with Gasteiger partial charge in [0.05, 0.1) is 6.10 Å². The highest BCUT2D eigenvalue weighted by molar-refractivity contribution is 5.91. The SMILES string of the molecule is CC1CC1C(=O)NCCC(=O)Nc1ccc(OC2CCCC2)cc1. The number of carbonyl (C=O) groups excluding carboxylic acids is 2. The van der Waals surface area contributed by atoms with Crippen molar-refractivity contribution in [2.45, 2.75) is 51.6 Å². The minimum absolute atomic E-state index is 0.0729. The van der Waals surface area contributed by atoms with Gasteiger partial charge in [-0.25, -0.2) is 0 Å². The second kappa shape index (κ2) is 7.69. The molecule has 1 aromatic carbocycles. The van der Waals surface area contributed by atoms with Crippen molar-refractivity contribution in [1.82, 2.24) is 5.32 Å². The third-order valence-corrected chi connectivity index (χ3v) is 4.84. The summed E-state index contributed by atoms with van der Waals surface area (Å²) in [7, 11) is 0. The lowest BCUT2D eigenvalue weighted by molar-refractivity contribution is -0.122. The molecular weight excluding hydrogens is 304 g/mol. The minimum atomic E-state index is -0.0939. The van der Waals surface area contributed by atoms with Gasteiger partial charge in [-0.2, -0.15) is 0 Å². The van der Waals surface area contributed by atoms with Crippen LogP contribution in [0.15, 0.2) is 24.3 Å². The van der Waals surface area contributed by atoms with E-state index in [1.807, 2.05) is 24.3 Å². The van der Waals surface area contributed by atoms with Crippen LogP contribution in [-0.4, -0.2) is 24.5 Å². The molecule has 2 aliphatic rings. The molecule has 0 aromatic heterocycles. The molecule has 5 nitrogen and oxygen atoms in total. The molecular formula is C19H26N2O3. The van der Waals surface area contributed by atoms with E-state index in [1.54, 1.807) is 0 Å². The number of benzene rings is 1. The summed E-state index contributed by atoms with van der Waals surface area (Å²) in [5, 5.41) is 5.67. The lowest BCUT2D eigenvalue weighted by atomic mass is 10.2. The predicted molar refractivity (Wildman–Crippen MR) is 92.9 cm³/mol. The van der Waals surface area contributed by atoms with Crippen molar-refractivity contribution in [1.29, 1.82) is 0 Å². The third kappa shape index (κ3) is 4.73. The van der Waals surface area contributed by atoms with Gasteiger partial charge < -0.3 is 15.4 Å². The first kappa shape index (κ1) is 16.8. The molecule has 130 valence electrons. The normalized spacial score (nSPS) is 22.9. The molecule has 2 unspecified atom stereocenters. The summed E-state index contributed by atoms with van der Waals surface area (Å²) in [5.41, 5.74) is 0.751. The Morgan fingerprint density at radius 2 is 1.83 bits per heavy atom. The third-order valence-electron chi connectivity index (χ3n) is 4.84. The average molecular weight is 330 g/mol. The highest BCUT2D eigenvalue weighted by Gasteiger charge is 2.38. The van der Waals surface area contributed by atoms with Gasteiger partial charge in [0.15, 0.2) is 0 Å². The van der Waals surface area contributed by atoms with E-state index in [0.717, 1.165) is 30.7 Å². The van der Waals surface area contributed by atoms with Crippen LogP contribution in [0.1, 0.15) is 45.4 Å². The van der Waals surface area contributed by atoms with Crippen LogP contribution in [0.25, 0.3) is 0 Å². The van der Waals surface area contributed by atoms with Crippen molar-refractivity contribution < 1.29 is 14.3 Å². The molecule has 3 rings (SSSR count). The van der Waals surface area contributed by atoms with Crippen LogP contribution in [0.4, 0.5) is 5.69 Å². The van der Waals surface area contributed by atoms with Gasteiger partial charge in [0.25, 0.3) is 0 Å². The maximum Gasteiger partial charge on any atom is 0.226 e. The van der Waals surface area contributed by atoms with Crippen LogP contribution in [-0.2, 0) is 9.59 Å². The minimum Gasteiger partial charge on any atom is -0.490 e. The van der Waals surface area contributed by atoms with E-state index in [0.29, 0.717) is 18.6 Å². The van der Waals surface area contributed by atoms with E-state index in [4.69, 9.17) is 4.74 Å². The summed E-state index contributed by atoms with van der Waals surface area (Å²) < 4.78 is 5.90. The number of ether oxygens (including phenoxy) is 1. The summed E-state index contributed by atoms with van der Waals surface area (Å²) in [6, 6.07) is 7.49. The van der Waals surface area contributed by atoms with Crippen LogP contribution in [0.2, 0.25) is 0 Å². The van der Waals surface area contributed by atoms with E-state index in [-0.39, 0.29) is 24.2 Å². The van der Waals surface area contributed by atoms with Crippen LogP contribution >= 0.6 is 0 Å². The van der Waals surface area contributed by atoms with Gasteiger partial charge in [0, 0.05) is 24.6 Å². The average Bonchev–Trinajstić information content (AvgIpc) is 3.07. The molecule has 2 aliphatic carbocycles. The van der Waals surface area contributed by atoms with Gasteiger partial charge in [0.2, 0.25) is 11.8 Å². The van der Waals surface area contributed by atoms with E-state index < -0.39 is 0 Å². The molecule has 24 heavy (non-hydrogen) atoms. The summed E-state index contributed by atoms with van der Waals surface area (Å²) in [4.78, 5) is 23.6. The van der Waals surface area contributed by atoms with Gasteiger partial charge in [-0.3, -0.25) is 9.59 Å². The maximum absolute atomic E-state index is 11.9. The zero-order valence-corrected chi connectivity index (χ0v) is 14.2. The smallest absolute Gasteiger partial charge is 0.226 e. The molecule has 0 heterocycles. The summed E-state index contributed by atoms with van der Waals surface area (Å²) in [6.45, 7) is 2.45. The number of hydrogen-bond acceptors (Lipinski definition) is 3. The Morgan fingerprint density at radius 3 is 2.46 bits per heavy atom. The Kier molecular flexibility index (Phi) is 5.38. The van der Waals surface area contributed by atoms with Crippen molar-refractivity contribution in [3.8, 4) is 5.75 Å². The maximum atomic E-state index is 11.9. The Labute approximate surface area is 143 Å². The molecule has 1 aromatic rings. The topological polar surface area (TPSA) is 67.4 Å². The Balaban J connectivity index is 1.37. The fourth-order valence-electron chi connectivity index (χ4n) is 3.16. The molecule has 5 heteroatoms. The number of rotatable bonds is 7. The lowest BCUT2D eigenvalue weighted by Crippen LogP contribution is -2.29. The monoisotopic (exact) mass is 330 g/mol. The Morgan fingerprint density at radius 1 is 1.17 bits per heavy atom. The van der Waals surface area contributed by atoms with Crippen LogP contribution < -0.4 is 15.4 Å². The molecule has 2 saturated carbocycles. The van der Waals surface area contributed by atoms with Crippen LogP contribution in [0.3, 0.4) is 0 Å². The van der Waals surface area contributed by atoms with Crippen molar-refractivity contribution >= 4 is 17.5 Å². The molecule has 0 spiro atoms. The highest BCUT2D eigenvalue weighted by atomic mass is 16.5. The Hall–Kier alpha value is -2.04. The number of hydrogen-bond donors (Lipinski definition) is 2. The second-order valence-corrected chi connectivity index (χ2v) is 6.96. The standard InChI is InChI=1S/C19H26N2O3/c1-13-12-17(13)19(23)20-11-10-18(22)21-14-6-8-16(9-7-14)24-15-4-2-3-5-15/h6-9,13,15,17H,2-5,10-12H2,1H3,(H,20,23)(H,21,22). The molecule has 0 bridgehead atoms. The van der Waals surface area contributed by atoms with Gasteiger partial charge in [-0.15, -0.1) is 0 Å². The van der Waals surface area contributed by atoms with E-state index in [9.17, 15) is 9.59 Å².